The van der Waals surface area contributed by atoms with Gasteiger partial charge < -0.3 is 5.11 Å². The van der Waals surface area contributed by atoms with Crippen molar-refractivity contribution >= 4 is 11.7 Å². The maximum Gasteiger partial charge on any atom is 0.363 e. The normalized spacial score (nSPS) is 9.95. The van der Waals surface area contributed by atoms with Crippen LogP contribution in [0.2, 0.25) is 0 Å². The van der Waals surface area contributed by atoms with Crippen LogP contribution >= 0.6 is 0 Å². The number of benzene rings is 1. The second kappa shape index (κ2) is 5.19. The zero-order chi connectivity index (χ0) is 14.7. The number of rotatable bonds is 4. The molecule has 0 saturated carbocycles. The highest BCUT2D eigenvalue weighted by molar-refractivity contribution is 5.89. The zero-order valence-electron chi connectivity index (χ0n) is 10.1. The van der Waals surface area contributed by atoms with E-state index in [1.807, 2.05) is 6.07 Å². The van der Waals surface area contributed by atoms with Crippen LogP contribution in [0.1, 0.15) is 21.6 Å². The van der Waals surface area contributed by atoms with E-state index in [0.717, 1.165) is 10.9 Å². The lowest BCUT2D eigenvalue weighted by Gasteiger charge is -2.02. The average molecular weight is 272 g/mol. The van der Waals surface area contributed by atoms with E-state index in [1.54, 1.807) is 24.3 Å². The number of nitriles is 1. The van der Waals surface area contributed by atoms with Crippen LogP contribution in [0.5, 0.6) is 0 Å². The van der Waals surface area contributed by atoms with Gasteiger partial charge >= 0.3 is 11.7 Å². The third kappa shape index (κ3) is 2.46. The lowest BCUT2D eigenvalue weighted by molar-refractivity contribution is -0.385. The fraction of sp³-hybridized carbons (Fsp3) is 0.0833. The first-order chi connectivity index (χ1) is 9.52. The molecule has 20 heavy (non-hydrogen) atoms. The Morgan fingerprint density at radius 1 is 1.50 bits per heavy atom. The van der Waals surface area contributed by atoms with Gasteiger partial charge in [0.25, 0.3) is 0 Å². The number of aromatic nitrogens is 2. The average Bonchev–Trinajstić information content (AvgIpc) is 2.84. The minimum atomic E-state index is -1.47. The second-order valence-electron chi connectivity index (χ2n) is 3.89. The van der Waals surface area contributed by atoms with Crippen LogP contribution < -0.4 is 0 Å². The molecule has 2 rings (SSSR count). The number of carbonyl (C=O) groups is 1. The molecular formula is C12H8N4O4. The Labute approximate surface area is 112 Å². The van der Waals surface area contributed by atoms with Gasteiger partial charge in [0.1, 0.15) is 6.20 Å². The highest BCUT2D eigenvalue weighted by atomic mass is 16.6. The summed E-state index contributed by atoms with van der Waals surface area (Å²) in [7, 11) is 0. The summed E-state index contributed by atoms with van der Waals surface area (Å²) in [6.07, 6.45) is 1.04. The van der Waals surface area contributed by atoms with Gasteiger partial charge in [0, 0.05) is 0 Å². The molecule has 0 aliphatic heterocycles. The van der Waals surface area contributed by atoms with Gasteiger partial charge in [-0.2, -0.15) is 10.4 Å². The molecule has 0 amide bonds. The maximum atomic E-state index is 10.9. The summed E-state index contributed by atoms with van der Waals surface area (Å²) < 4.78 is 1.14. The Bertz CT molecular complexity index is 698. The molecule has 0 fully saturated rings. The lowest BCUT2D eigenvalue weighted by atomic mass is 10.1. The van der Waals surface area contributed by atoms with Crippen molar-refractivity contribution < 1.29 is 14.8 Å². The topological polar surface area (TPSA) is 122 Å². The van der Waals surface area contributed by atoms with E-state index in [-0.39, 0.29) is 6.54 Å². The number of carboxylic acids is 1. The number of hydrogen-bond acceptors (Lipinski definition) is 5. The van der Waals surface area contributed by atoms with E-state index in [4.69, 9.17) is 10.4 Å². The molecule has 1 aromatic carbocycles. The summed E-state index contributed by atoms with van der Waals surface area (Å²) in [5.74, 6) is -1.47. The number of hydrogen-bond donors (Lipinski definition) is 1. The molecular weight excluding hydrogens is 264 g/mol. The molecule has 8 heteroatoms. The predicted octanol–water partition coefficient (Wildman–Crippen LogP) is 1.41. The molecule has 0 saturated heterocycles. The van der Waals surface area contributed by atoms with Crippen LogP contribution in [-0.4, -0.2) is 25.8 Å². The Morgan fingerprint density at radius 3 is 2.75 bits per heavy atom. The highest BCUT2D eigenvalue weighted by Crippen LogP contribution is 2.18. The van der Waals surface area contributed by atoms with Crippen molar-refractivity contribution in [2.45, 2.75) is 6.54 Å². The Kier molecular flexibility index (Phi) is 3.43. The van der Waals surface area contributed by atoms with E-state index >= 15 is 0 Å². The smallest absolute Gasteiger partial charge is 0.363 e. The van der Waals surface area contributed by atoms with Crippen LogP contribution in [0.3, 0.4) is 0 Å². The molecule has 0 aliphatic carbocycles. The van der Waals surface area contributed by atoms with Crippen molar-refractivity contribution in [1.82, 2.24) is 9.78 Å². The first-order valence-electron chi connectivity index (χ1n) is 5.46. The molecule has 100 valence electrons. The Hall–Kier alpha value is -3.21. The van der Waals surface area contributed by atoms with Crippen molar-refractivity contribution in [2.24, 2.45) is 0 Å². The van der Waals surface area contributed by atoms with E-state index in [9.17, 15) is 14.9 Å². The summed E-state index contributed by atoms with van der Waals surface area (Å²) in [6, 6.07) is 8.67. The minimum absolute atomic E-state index is 0.0812. The molecule has 1 aromatic heterocycles. The van der Waals surface area contributed by atoms with Crippen molar-refractivity contribution in [3.8, 4) is 6.07 Å². The predicted molar refractivity (Wildman–Crippen MR) is 66.1 cm³/mol. The van der Waals surface area contributed by atoms with Gasteiger partial charge in [-0.25, -0.2) is 4.79 Å². The van der Waals surface area contributed by atoms with Gasteiger partial charge in [-0.15, -0.1) is 0 Å². The zero-order valence-corrected chi connectivity index (χ0v) is 10.1. The van der Waals surface area contributed by atoms with Crippen LogP contribution in [0, 0.1) is 21.4 Å². The fourth-order valence-electron chi connectivity index (χ4n) is 1.72. The number of aromatic carboxylic acids is 1. The van der Waals surface area contributed by atoms with Crippen molar-refractivity contribution in [1.29, 1.82) is 5.26 Å². The quantitative estimate of drug-likeness (QED) is 0.663. The van der Waals surface area contributed by atoms with Gasteiger partial charge in [-0.05, 0) is 11.6 Å². The van der Waals surface area contributed by atoms with Crippen molar-refractivity contribution in [3.63, 3.8) is 0 Å². The standard InChI is InChI=1S/C12H8N4O4/c13-5-8-3-1-2-4-9(8)6-15-7-10(16(19)20)11(14-15)12(17)18/h1-4,7H,6H2,(H,17,18). The lowest BCUT2D eigenvalue weighted by Crippen LogP contribution is -2.05. The van der Waals surface area contributed by atoms with Crippen molar-refractivity contribution in [3.05, 3.63) is 57.4 Å². The van der Waals surface area contributed by atoms with Gasteiger partial charge in [0.15, 0.2) is 0 Å². The Balaban J connectivity index is 2.40. The van der Waals surface area contributed by atoms with Gasteiger partial charge in [0.05, 0.1) is 23.1 Å². The monoisotopic (exact) mass is 272 g/mol. The third-order valence-corrected chi connectivity index (χ3v) is 2.61. The maximum absolute atomic E-state index is 10.9. The van der Waals surface area contributed by atoms with Gasteiger partial charge in [-0.3, -0.25) is 14.8 Å². The van der Waals surface area contributed by atoms with Crippen LogP contribution in [0.25, 0.3) is 0 Å². The first kappa shape index (κ1) is 13.2. The molecule has 0 radical (unpaired) electrons. The third-order valence-electron chi connectivity index (χ3n) is 2.61. The summed E-state index contributed by atoms with van der Waals surface area (Å²) in [6.45, 7) is 0.0812. The molecule has 2 aromatic rings. The summed E-state index contributed by atoms with van der Waals surface area (Å²) in [5.41, 5.74) is -0.191. The molecule has 8 nitrogen and oxygen atoms in total. The molecule has 0 atom stereocenters. The first-order valence-corrected chi connectivity index (χ1v) is 5.46. The number of nitro groups is 1. The summed E-state index contributed by atoms with van der Waals surface area (Å²) in [4.78, 5) is 20.8. The van der Waals surface area contributed by atoms with E-state index in [2.05, 4.69) is 5.10 Å². The van der Waals surface area contributed by atoms with E-state index in [1.165, 1.54) is 0 Å². The molecule has 0 aliphatic rings. The van der Waals surface area contributed by atoms with Crippen LogP contribution in [-0.2, 0) is 6.54 Å². The van der Waals surface area contributed by atoms with Gasteiger partial charge in [-0.1, -0.05) is 18.2 Å². The molecule has 0 bridgehead atoms. The van der Waals surface area contributed by atoms with Crippen molar-refractivity contribution in [2.75, 3.05) is 0 Å². The molecule has 0 spiro atoms. The van der Waals surface area contributed by atoms with Gasteiger partial charge in [0.2, 0.25) is 5.69 Å². The second-order valence-corrected chi connectivity index (χ2v) is 3.89. The van der Waals surface area contributed by atoms with E-state index < -0.39 is 22.3 Å². The molecule has 1 heterocycles. The summed E-state index contributed by atoms with van der Waals surface area (Å²) in [5, 5.41) is 32.2. The molecule has 0 unspecified atom stereocenters. The van der Waals surface area contributed by atoms with E-state index in [0.29, 0.717) is 11.1 Å². The number of nitrogens with zero attached hydrogens (tertiary/aromatic N) is 4. The highest BCUT2D eigenvalue weighted by Gasteiger charge is 2.25. The Morgan fingerprint density at radius 2 is 2.20 bits per heavy atom. The summed E-state index contributed by atoms with van der Waals surface area (Å²) >= 11 is 0. The SMILES string of the molecule is N#Cc1ccccc1Cn1cc([N+](=O)[O-])c(C(=O)O)n1. The van der Waals surface area contributed by atoms with Crippen LogP contribution in [0.15, 0.2) is 30.5 Å². The largest absolute Gasteiger partial charge is 0.476 e. The minimum Gasteiger partial charge on any atom is -0.476 e. The number of carboxylic acid groups (broad SMARTS) is 1. The van der Waals surface area contributed by atoms with Crippen LogP contribution in [0.4, 0.5) is 5.69 Å². The fourth-order valence-corrected chi connectivity index (χ4v) is 1.72. The molecule has 1 N–H and O–H groups in total.